The highest BCUT2D eigenvalue weighted by atomic mass is 16.6. The zero-order valence-corrected chi connectivity index (χ0v) is 14.9. The molecule has 1 rings (SSSR count). The molecule has 5 nitrogen and oxygen atoms in total. The van der Waals surface area contributed by atoms with Gasteiger partial charge in [-0.1, -0.05) is 36.4 Å². The van der Waals surface area contributed by atoms with Gasteiger partial charge in [0.15, 0.2) is 0 Å². The van der Waals surface area contributed by atoms with E-state index in [1.54, 1.807) is 0 Å². The van der Waals surface area contributed by atoms with E-state index in [1.807, 2.05) is 57.2 Å². The number of benzene rings is 1. The third-order valence-corrected chi connectivity index (χ3v) is 3.16. The van der Waals surface area contributed by atoms with Gasteiger partial charge in [-0.15, -0.1) is 0 Å². The molecular weight excluding hydrogens is 306 g/mol. The molecule has 0 atom stereocenters. The van der Waals surface area contributed by atoms with Crippen LogP contribution in [-0.2, 0) is 20.7 Å². The third kappa shape index (κ3) is 8.36. The van der Waals surface area contributed by atoms with Crippen LogP contribution in [0.3, 0.4) is 0 Å². The van der Waals surface area contributed by atoms with Crippen LogP contribution >= 0.6 is 0 Å². The first-order chi connectivity index (χ1) is 11.3. The Hall–Kier alpha value is -2.30. The number of carbonyl (C=O) groups excluding carboxylic acids is 2. The maximum absolute atomic E-state index is 11.5. The molecule has 1 amide bonds. The molecule has 0 aromatic heterocycles. The highest BCUT2D eigenvalue weighted by molar-refractivity contribution is 5.70. The normalized spacial score (nSPS) is 11.3. The van der Waals surface area contributed by atoms with Gasteiger partial charge in [0.05, 0.1) is 7.11 Å². The lowest BCUT2D eigenvalue weighted by atomic mass is 10.0. The van der Waals surface area contributed by atoms with E-state index in [4.69, 9.17) is 4.74 Å². The number of rotatable bonds is 7. The number of hydrogen-bond donors (Lipinski definition) is 1. The third-order valence-electron chi connectivity index (χ3n) is 3.16. The van der Waals surface area contributed by atoms with Crippen molar-refractivity contribution in [2.24, 2.45) is 0 Å². The van der Waals surface area contributed by atoms with Crippen LogP contribution in [0.5, 0.6) is 0 Å². The number of methoxy groups -OCH3 is 1. The molecule has 0 spiro atoms. The minimum absolute atomic E-state index is 0.213. The molecule has 0 unspecified atom stereocenters. The van der Waals surface area contributed by atoms with Crippen molar-refractivity contribution in [1.82, 2.24) is 5.32 Å². The van der Waals surface area contributed by atoms with Crippen molar-refractivity contribution in [3.8, 4) is 0 Å². The Morgan fingerprint density at radius 2 is 1.92 bits per heavy atom. The molecule has 24 heavy (non-hydrogen) atoms. The lowest BCUT2D eigenvalue weighted by molar-refractivity contribution is -0.140. The Kier molecular flexibility index (Phi) is 8.02. The predicted molar refractivity (Wildman–Crippen MR) is 94.7 cm³/mol. The van der Waals surface area contributed by atoms with Crippen molar-refractivity contribution in [2.45, 2.75) is 45.6 Å². The number of carbonyl (C=O) groups is 2. The van der Waals surface area contributed by atoms with Crippen molar-refractivity contribution in [1.29, 1.82) is 0 Å². The first kappa shape index (κ1) is 19.7. The van der Waals surface area contributed by atoms with E-state index in [9.17, 15) is 9.59 Å². The Morgan fingerprint density at radius 3 is 2.58 bits per heavy atom. The molecule has 1 N–H and O–H groups in total. The smallest absolute Gasteiger partial charge is 0.407 e. The Morgan fingerprint density at radius 1 is 1.21 bits per heavy atom. The number of aryl methyl sites for hydroxylation is 1. The fraction of sp³-hybridized carbons (Fsp3) is 0.474. The molecule has 0 aliphatic heterocycles. The molecule has 0 saturated heterocycles. The van der Waals surface area contributed by atoms with E-state index in [0.717, 1.165) is 11.1 Å². The quantitative estimate of drug-likeness (QED) is 0.610. The number of hydrogen-bond acceptors (Lipinski definition) is 4. The van der Waals surface area contributed by atoms with Gasteiger partial charge in [-0.3, -0.25) is 4.79 Å². The van der Waals surface area contributed by atoms with Crippen molar-refractivity contribution in [3.05, 3.63) is 41.5 Å². The van der Waals surface area contributed by atoms with Crippen molar-refractivity contribution < 1.29 is 19.1 Å². The number of esters is 1. The van der Waals surface area contributed by atoms with E-state index in [2.05, 4.69) is 10.1 Å². The van der Waals surface area contributed by atoms with E-state index >= 15 is 0 Å². The second kappa shape index (κ2) is 9.75. The molecule has 0 heterocycles. The minimum Gasteiger partial charge on any atom is -0.469 e. The summed E-state index contributed by atoms with van der Waals surface area (Å²) >= 11 is 0. The van der Waals surface area contributed by atoms with Crippen LogP contribution in [0, 0.1) is 0 Å². The second-order valence-corrected chi connectivity index (χ2v) is 6.39. The molecule has 1 aromatic carbocycles. The summed E-state index contributed by atoms with van der Waals surface area (Å²) in [5.74, 6) is -0.213. The Balaban J connectivity index is 2.44. The van der Waals surface area contributed by atoms with Crippen LogP contribution in [0.2, 0.25) is 0 Å². The van der Waals surface area contributed by atoms with Gasteiger partial charge in [-0.2, -0.15) is 0 Å². The van der Waals surface area contributed by atoms with E-state index < -0.39 is 11.7 Å². The number of amides is 1. The summed E-state index contributed by atoms with van der Waals surface area (Å²) in [6.07, 6.45) is 5.29. The first-order valence-electron chi connectivity index (χ1n) is 8.10. The van der Waals surface area contributed by atoms with Gasteiger partial charge in [-0.05, 0) is 44.7 Å². The molecule has 5 heteroatoms. The van der Waals surface area contributed by atoms with E-state index in [0.29, 0.717) is 25.8 Å². The zero-order chi connectivity index (χ0) is 18.0. The summed E-state index contributed by atoms with van der Waals surface area (Å²) < 4.78 is 9.84. The molecular formula is C19H27NO4. The molecule has 0 bridgehead atoms. The van der Waals surface area contributed by atoms with Crippen LogP contribution < -0.4 is 5.32 Å². The predicted octanol–water partition coefficient (Wildman–Crippen LogP) is 3.72. The van der Waals surface area contributed by atoms with Crippen LogP contribution in [0.15, 0.2) is 30.3 Å². The van der Waals surface area contributed by atoms with Crippen molar-refractivity contribution in [3.63, 3.8) is 0 Å². The fourth-order valence-corrected chi connectivity index (χ4v) is 2.05. The summed E-state index contributed by atoms with van der Waals surface area (Å²) in [7, 11) is 1.39. The lowest BCUT2D eigenvalue weighted by Crippen LogP contribution is -2.32. The largest absolute Gasteiger partial charge is 0.469 e. The number of alkyl carbamates (subject to hydrolysis) is 1. The van der Waals surface area contributed by atoms with Gasteiger partial charge in [0.2, 0.25) is 0 Å². The standard InChI is InChI=1S/C19H27NO4/c1-19(2,3)24-18(22)20-14-8-7-11-15-9-5-6-10-16(15)12-13-17(21)23-4/h5-7,9-11H,8,12-14H2,1-4H3,(H,20,22). The highest BCUT2D eigenvalue weighted by Gasteiger charge is 2.15. The molecule has 1 aromatic rings. The molecule has 0 saturated carbocycles. The Labute approximate surface area is 144 Å². The van der Waals surface area contributed by atoms with Gasteiger partial charge < -0.3 is 14.8 Å². The summed E-state index contributed by atoms with van der Waals surface area (Å²) in [5, 5.41) is 2.71. The fourth-order valence-electron chi connectivity index (χ4n) is 2.05. The summed E-state index contributed by atoms with van der Waals surface area (Å²) in [4.78, 5) is 22.8. The molecule has 0 radical (unpaired) electrons. The first-order valence-corrected chi connectivity index (χ1v) is 8.10. The number of ether oxygens (including phenoxy) is 2. The molecule has 0 aliphatic rings. The summed E-state index contributed by atoms with van der Waals surface area (Å²) in [6.45, 7) is 6.00. The summed E-state index contributed by atoms with van der Waals surface area (Å²) in [5.41, 5.74) is 1.68. The SMILES string of the molecule is COC(=O)CCc1ccccc1C=CCCNC(=O)OC(C)(C)C. The second-order valence-electron chi connectivity index (χ2n) is 6.39. The van der Waals surface area contributed by atoms with Crippen LogP contribution in [0.4, 0.5) is 4.79 Å². The van der Waals surface area contributed by atoms with Gasteiger partial charge in [0, 0.05) is 13.0 Å². The molecule has 0 fully saturated rings. The van der Waals surface area contributed by atoms with Gasteiger partial charge in [0.25, 0.3) is 0 Å². The highest BCUT2D eigenvalue weighted by Crippen LogP contribution is 2.13. The van der Waals surface area contributed by atoms with E-state index in [1.165, 1.54) is 7.11 Å². The molecule has 0 aliphatic carbocycles. The Bertz CT molecular complexity index is 573. The topological polar surface area (TPSA) is 64.6 Å². The monoisotopic (exact) mass is 333 g/mol. The molecule has 132 valence electrons. The minimum atomic E-state index is -0.488. The summed E-state index contributed by atoms with van der Waals surface area (Å²) in [6, 6.07) is 7.92. The van der Waals surface area contributed by atoms with Gasteiger partial charge in [0.1, 0.15) is 5.60 Å². The van der Waals surface area contributed by atoms with Crippen molar-refractivity contribution >= 4 is 18.1 Å². The van der Waals surface area contributed by atoms with Crippen LogP contribution in [-0.4, -0.2) is 31.3 Å². The maximum atomic E-state index is 11.5. The van der Waals surface area contributed by atoms with Gasteiger partial charge in [-0.25, -0.2) is 4.79 Å². The zero-order valence-electron chi connectivity index (χ0n) is 14.9. The average molecular weight is 333 g/mol. The maximum Gasteiger partial charge on any atom is 0.407 e. The van der Waals surface area contributed by atoms with Gasteiger partial charge >= 0.3 is 12.1 Å². The van der Waals surface area contributed by atoms with Crippen LogP contribution in [0.1, 0.15) is 44.7 Å². The average Bonchev–Trinajstić information content (AvgIpc) is 2.51. The lowest BCUT2D eigenvalue weighted by Gasteiger charge is -2.19. The van der Waals surface area contributed by atoms with Crippen molar-refractivity contribution in [2.75, 3.05) is 13.7 Å². The number of nitrogens with one attached hydrogen (secondary N) is 1. The van der Waals surface area contributed by atoms with E-state index in [-0.39, 0.29) is 5.97 Å². The van der Waals surface area contributed by atoms with Crippen LogP contribution in [0.25, 0.3) is 6.08 Å².